The van der Waals surface area contributed by atoms with Crippen molar-refractivity contribution in [3.8, 4) is 5.75 Å². The lowest BCUT2D eigenvalue weighted by atomic mass is 10.0. The number of sulfone groups is 1. The molecule has 1 aromatic rings. The molecule has 9 heteroatoms. The van der Waals surface area contributed by atoms with Crippen molar-refractivity contribution < 1.29 is 26.7 Å². The van der Waals surface area contributed by atoms with E-state index >= 15 is 0 Å². The predicted molar refractivity (Wildman–Crippen MR) is 86.1 cm³/mol. The van der Waals surface area contributed by atoms with Crippen molar-refractivity contribution in [1.82, 2.24) is 10.2 Å². The Kier molecular flexibility index (Phi) is 4.97. The summed E-state index contributed by atoms with van der Waals surface area (Å²) in [6.45, 7) is 1.73. The average molecular weight is 374 g/mol. The van der Waals surface area contributed by atoms with E-state index in [9.17, 15) is 22.0 Å². The topological polar surface area (TPSA) is 75.7 Å². The maximum absolute atomic E-state index is 14.2. The molecule has 2 saturated heterocycles. The quantitative estimate of drug-likeness (QED) is 0.854. The first kappa shape index (κ1) is 18.1. The van der Waals surface area contributed by atoms with Crippen molar-refractivity contribution >= 4 is 15.7 Å². The van der Waals surface area contributed by atoms with Gasteiger partial charge >= 0.3 is 0 Å². The Morgan fingerprint density at radius 2 is 2.04 bits per heavy atom. The van der Waals surface area contributed by atoms with Crippen LogP contribution in [0.15, 0.2) is 17.0 Å². The summed E-state index contributed by atoms with van der Waals surface area (Å²) in [6, 6.07) is 1.17. The number of nitrogens with one attached hydrogen (secondary N) is 1. The van der Waals surface area contributed by atoms with Gasteiger partial charge in [0, 0.05) is 31.8 Å². The first-order chi connectivity index (χ1) is 11.8. The molecule has 0 saturated carbocycles. The van der Waals surface area contributed by atoms with Crippen LogP contribution in [0, 0.1) is 11.6 Å². The number of hydrogen-bond acceptors (Lipinski definition) is 5. The Labute approximate surface area is 145 Å². The number of nitrogens with zero attached hydrogens (tertiary/aromatic N) is 1. The molecule has 25 heavy (non-hydrogen) atoms. The monoisotopic (exact) mass is 374 g/mol. The second kappa shape index (κ2) is 6.87. The highest BCUT2D eigenvalue weighted by Gasteiger charge is 2.37. The smallest absolute Gasteiger partial charge is 0.223 e. The number of halogens is 2. The highest BCUT2D eigenvalue weighted by Crippen LogP contribution is 2.28. The number of benzene rings is 1. The zero-order valence-electron chi connectivity index (χ0n) is 13.8. The van der Waals surface area contributed by atoms with E-state index in [1.165, 1.54) is 0 Å². The standard InChI is InChI=1S/C16H20F2N2O4S/c1-25(22,23)15-8-10(17)13(7-11(15)18)24-14-9-19-5-4-12(14)20-6-2-3-16(20)21/h7-8,12,14,19H,2-6,9H2,1H3/t12?,14-/m1/s1. The van der Waals surface area contributed by atoms with Gasteiger partial charge in [-0.1, -0.05) is 0 Å². The summed E-state index contributed by atoms with van der Waals surface area (Å²) < 4.78 is 56.9. The predicted octanol–water partition coefficient (Wildman–Crippen LogP) is 1.10. The minimum atomic E-state index is -3.87. The second-order valence-corrected chi connectivity index (χ2v) is 8.38. The summed E-state index contributed by atoms with van der Waals surface area (Å²) in [5.41, 5.74) is 0. The molecule has 2 aliphatic heterocycles. The van der Waals surface area contributed by atoms with E-state index in [4.69, 9.17) is 4.74 Å². The fraction of sp³-hybridized carbons (Fsp3) is 0.562. The van der Waals surface area contributed by atoms with Crippen LogP contribution in [0.25, 0.3) is 0 Å². The van der Waals surface area contributed by atoms with Gasteiger partial charge in [-0.25, -0.2) is 17.2 Å². The Hall–Kier alpha value is -1.74. The lowest BCUT2D eigenvalue weighted by Crippen LogP contribution is -2.55. The average Bonchev–Trinajstić information content (AvgIpc) is 2.96. The summed E-state index contributed by atoms with van der Waals surface area (Å²) in [5, 5.41) is 3.12. The van der Waals surface area contributed by atoms with Gasteiger partial charge in [0.25, 0.3) is 0 Å². The molecule has 0 bridgehead atoms. The van der Waals surface area contributed by atoms with Crippen LogP contribution in [0.1, 0.15) is 19.3 Å². The van der Waals surface area contributed by atoms with E-state index in [-0.39, 0.29) is 17.7 Å². The molecule has 138 valence electrons. The van der Waals surface area contributed by atoms with Crippen LogP contribution in [0.3, 0.4) is 0 Å². The number of amides is 1. The van der Waals surface area contributed by atoms with Crippen LogP contribution < -0.4 is 10.1 Å². The number of carbonyl (C=O) groups is 1. The van der Waals surface area contributed by atoms with Crippen LogP contribution in [0.2, 0.25) is 0 Å². The summed E-state index contributed by atoms with van der Waals surface area (Å²) in [6.07, 6.45) is 2.20. The summed E-state index contributed by atoms with van der Waals surface area (Å²) in [5.74, 6) is -2.31. The highest BCUT2D eigenvalue weighted by atomic mass is 32.2. The van der Waals surface area contributed by atoms with Gasteiger partial charge in [0.15, 0.2) is 21.4 Å². The van der Waals surface area contributed by atoms with E-state index in [0.717, 1.165) is 18.7 Å². The molecule has 3 rings (SSSR count). The van der Waals surface area contributed by atoms with E-state index < -0.39 is 32.5 Å². The Balaban J connectivity index is 1.85. The number of piperidine rings is 1. The van der Waals surface area contributed by atoms with Gasteiger partial charge in [0.2, 0.25) is 5.91 Å². The van der Waals surface area contributed by atoms with Crippen LogP contribution in [-0.4, -0.2) is 57.3 Å². The zero-order valence-corrected chi connectivity index (χ0v) is 14.6. The van der Waals surface area contributed by atoms with Crippen molar-refractivity contribution in [2.45, 2.75) is 36.3 Å². The summed E-state index contributed by atoms with van der Waals surface area (Å²) in [7, 11) is -3.87. The van der Waals surface area contributed by atoms with Gasteiger partial charge in [0.1, 0.15) is 16.8 Å². The SMILES string of the molecule is CS(=O)(=O)c1cc(F)c(O[C@@H]2CNCCC2N2CCCC2=O)cc1F. The van der Waals surface area contributed by atoms with Crippen molar-refractivity contribution in [3.05, 3.63) is 23.8 Å². The van der Waals surface area contributed by atoms with Gasteiger partial charge in [0.05, 0.1) is 6.04 Å². The molecule has 2 heterocycles. The lowest BCUT2D eigenvalue weighted by Gasteiger charge is -2.38. The van der Waals surface area contributed by atoms with Gasteiger partial charge in [-0.15, -0.1) is 0 Å². The molecule has 1 amide bonds. The fourth-order valence-corrected chi connectivity index (χ4v) is 4.09. The van der Waals surface area contributed by atoms with E-state index in [1.807, 2.05) is 0 Å². The van der Waals surface area contributed by atoms with Crippen LogP contribution in [0.4, 0.5) is 8.78 Å². The third-order valence-corrected chi connectivity index (χ3v) is 5.68. The molecule has 1 unspecified atom stereocenters. The summed E-state index contributed by atoms with van der Waals surface area (Å²) >= 11 is 0. The number of hydrogen-bond donors (Lipinski definition) is 1. The first-order valence-corrected chi connectivity index (χ1v) is 10.0. The minimum Gasteiger partial charge on any atom is -0.484 e. The molecule has 0 aromatic heterocycles. The van der Waals surface area contributed by atoms with Gasteiger partial charge < -0.3 is 15.0 Å². The maximum Gasteiger partial charge on any atom is 0.223 e. The van der Waals surface area contributed by atoms with E-state index in [0.29, 0.717) is 38.5 Å². The fourth-order valence-electron chi connectivity index (χ4n) is 3.36. The largest absolute Gasteiger partial charge is 0.484 e. The van der Waals surface area contributed by atoms with Gasteiger partial charge in [-0.05, 0) is 25.5 Å². The molecule has 0 aliphatic carbocycles. The van der Waals surface area contributed by atoms with Crippen molar-refractivity contribution in [1.29, 1.82) is 0 Å². The van der Waals surface area contributed by atoms with Gasteiger partial charge in [-0.3, -0.25) is 4.79 Å². The lowest BCUT2D eigenvalue weighted by molar-refractivity contribution is -0.132. The Morgan fingerprint density at radius 3 is 2.68 bits per heavy atom. The molecule has 2 atom stereocenters. The molecule has 1 N–H and O–H groups in total. The third kappa shape index (κ3) is 3.77. The minimum absolute atomic E-state index is 0.0413. The highest BCUT2D eigenvalue weighted by molar-refractivity contribution is 7.90. The molecular formula is C16H20F2N2O4S. The van der Waals surface area contributed by atoms with Gasteiger partial charge in [-0.2, -0.15) is 0 Å². The summed E-state index contributed by atoms with van der Waals surface area (Å²) in [4.78, 5) is 13.0. The van der Waals surface area contributed by atoms with Crippen molar-refractivity contribution in [2.24, 2.45) is 0 Å². The number of ether oxygens (including phenoxy) is 1. The zero-order chi connectivity index (χ0) is 18.2. The number of likely N-dealkylation sites (tertiary alicyclic amines) is 1. The number of rotatable bonds is 4. The normalized spacial score (nSPS) is 24.6. The molecule has 1 aromatic carbocycles. The number of carbonyl (C=O) groups excluding carboxylic acids is 1. The second-order valence-electron chi connectivity index (χ2n) is 6.39. The molecule has 6 nitrogen and oxygen atoms in total. The molecule has 0 spiro atoms. The van der Waals surface area contributed by atoms with Crippen LogP contribution in [-0.2, 0) is 14.6 Å². The van der Waals surface area contributed by atoms with Crippen molar-refractivity contribution in [2.75, 3.05) is 25.9 Å². The molecule has 0 radical (unpaired) electrons. The van der Waals surface area contributed by atoms with E-state index in [1.54, 1.807) is 4.90 Å². The van der Waals surface area contributed by atoms with Crippen LogP contribution in [0.5, 0.6) is 5.75 Å². The maximum atomic E-state index is 14.2. The van der Waals surface area contributed by atoms with E-state index in [2.05, 4.69) is 5.32 Å². The molecule has 2 aliphatic rings. The molecule has 2 fully saturated rings. The van der Waals surface area contributed by atoms with Crippen LogP contribution >= 0.6 is 0 Å². The Morgan fingerprint density at radius 1 is 1.28 bits per heavy atom. The Bertz CT molecular complexity index is 785. The van der Waals surface area contributed by atoms with Crippen molar-refractivity contribution in [3.63, 3.8) is 0 Å². The first-order valence-electron chi connectivity index (χ1n) is 8.13. The molecular weight excluding hydrogens is 354 g/mol. The third-order valence-electron chi connectivity index (χ3n) is 4.57.